The van der Waals surface area contributed by atoms with Gasteiger partial charge in [-0.15, -0.1) is 0 Å². The van der Waals surface area contributed by atoms with E-state index in [1.165, 1.54) is 4.68 Å². The van der Waals surface area contributed by atoms with Crippen LogP contribution in [0.2, 0.25) is 0 Å². The maximum Gasteiger partial charge on any atom is 0.333 e. The number of hydrogen-bond acceptors (Lipinski definition) is 5. The second kappa shape index (κ2) is 6.51. The van der Waals surface area contributed by atoms with Gasteiger partial charge in [0, 0.05) is 13.7 Å². The first-order valence-electron chi connectivity index (χ1n) is 6.40. The van der Waals surface area contributed by atoms with E-state index in [-0.39, 0.29) is 11.7 Å². The smallest absolute Gasteiger partial charge is 0.333 e. The van der Waals surface area contributed by atoms with Crippen LogP contribution in [0.15, 0.2) is 0 Å². The van der Waals surface area contributed by atoms with Crippen molar-refractivity contribution in [2.75, 3.05) is 18.5 Å². The van der Waals surface area contributed by atoms with Crippen molar-refractivity contribution in [1.82, 2.24) is 9.78 Å². The first kappa shape index (κ1) is 15.4. The Balaban J connectivity index is 2.98. The molecule has 7 nitrogen and oxygen atoms in total. The molecule has 1 atom stereocenters. The lowest BCUT2D eigenvalue weighted by molar-refractivity contribution is -0.384. The minimum absolute atomic E-state index is 0.00782. The molecular weight excluding hydrogens is 248 g/mol. The molecule has 1 N–H and O–H groups in total. The number of aryl methyl sites for hydroxylation is 2. The van der Waals surface area contributed by atoms with Crippen molar-refractivity contribution in [3.8, 4) is 0 Å². The summed E-state index contributed by atoms with van der Waals surface area (Å²) in [6.07, 6.45) is 0. The van der Waals surface area contributed by atoms with Gasteiger partial charge in [-0.1, -0.05) is 13.8 Å². The zero-order valence-electron chi connectivity index (χ0n) is 12.1. The number of anilines is 1. The Bertz CT molecular complexity index is 442. The summed E-state index contributed by atoms with van der Waals surface area (Å²) < 4.78 is 6.92. The van der Waals surface area contributed by atoms with Crippen LogP contribution >= 0.6 is 0 Å². The quantitative estimate of drug-likeness (QED) is 0.606. The number of rotatable bonds is 7. The van der Waals surface area contributed by atoms with Crippen LogP contribution in [0.1, 0.15) is 26.5 Å². The largest absolute Gasteiger partial charge is 0.380 e. The Morgan fingerprint density at radius 1 is 1.53 bits per heavy atom. The number of ether oxygens (including phenoxy) is 1. The molecular formula is C12H22N4O3. The van der Waals surface area contributed by atoms with Crippen molar-refractivity contribution in [3.05, 3.63) is 15.8 Å². The summed E-state index contributed by atoms with van der Waals surface area (Å²) in [6.45, 7) is 8.79. The number of nitro groups is 1. The van der Waals surface area contributed by atoms with Crippen molar-refractivity contribution in [1.29, 1.82) is 0 Å². The van der Waals surface area contributed by atoms with Gasteiger partial charge in [0.1, 0.15) is 5.69 Å². The van der Waals surface area contributed by atoms with Gasteiger partial charge in [-0.05, 0) is 19.8 Å². The predicted octanol–water partition coefficient (Wildman–Crippen LogP) is 2.11. The van der Waals surface area contributed by atoms with E-state index in [1.54, 1.807) is 14.0 Å². The van der Waals surface area contributed by atoms with Crippen molar-refractivity contribution in [2.45, 2.75) is 33.7 Å². The molecule has 1 aromatic rings. The van der Waals surface area contributed by atoms with Crippen LogP contribution in [0.4, 0.5) is 11.5 Å². The molecule has 1 rings (SSSR count). The van der Waals surface area contributed by atoms with Gasteiger partial charge in [0.2, 0.25) is 5.82 Å². The third-order valence-electron chi connectivity index (χ3n) is 3.00. The van der Waals surface area contributed by atoms with Gasteiger partial charge in [0.25, 0.3) is 0 Å². The first-order valence-corrected chi connectivity index (χ1v) is 6.40. The van der Waals surface area contributed by atoms with Crippen LogP contribution in [-0.2, 0) is 11.8 Å². The lowest BCUT2D eigenvalue weighted by atomic mass is 10.1. The minimum Gasteiger partial charge on any atom is -0.380 e. The molecule has 19 heavy (non-hydrogen) atoms. The molecule has 1 aromatic heterocycles. The van der Waals surface area contributed by atoms with Crippen LogP contribution in [-0.4, -0.2) is 34.0 Å². The van der Waals surface area contributed by atoms with Crippen LogP contribution < -0.4 is 5.32 Å². The average molecular weight is 270 g/mol. The molecule has 0 amide bonds. The Labute approximate surface area is 113 Å². The van der Waals surface area contributed by atoms with E-state index in [4.69, 9.17) is 4.74 Å². The summed E-state index contributed by atoms with van der Waals surface area (Å²) >= 11 is 0. The summed E-state index contributed by atoms with van der Waals surface area (Å²) in [7, 11) is 1.69. The van der Waals surface area contributed by atoms with Crippen LogP contribution in [0, 0.1) is 23.0 Å². The van der Waals surface area contributed by atoms with Crippen molar-refractivity contribution in [2.24, 2.45) is 13.0 Å². The van der Waals surface area contributed by atoms with Gasteiger partial charge in [-0.2, -0.15) is 5.10 Å². The predicted molar refractivity (Wildman–Crippen MR) is 73.3 cm³/mol. The molecule has 0 aliphatic heterocycles. The minimum atomic E-state index is -0.400. The van der Waals surface area contributed by atoms with Crippen LogP contribution in [0.3, 0.4) is 0 Å². The molecule has 0 aromatic carbocycles. The van der Waals surface area contributed by atoms with E-state index in [2.05, 4.69) is 10.4 Å². The van der Waals surface area contributed by atoms with Crippen molar-refractivity contribution in [3.63, 3.8) is 0 Å². The lowest BCUT2D eigenvalue weighted by Crippen LogP contribution is -2.32. The normalized spacial score (nSPS) is 12.7. The molecule has 0 radical (unpaired) electrons. The van der Waals surface area contributed by atoms with E-state index in [0.717, 1.165) is 0 Å². The summed E-state index contributed by atoms with van der Waals surface area (Å²) in [5.41, 5.74) is 0.443. The highest BCUT2D eigenvalue weighted by molar-refractivity contribution is 5.59. The first-order chi connectivity index (χ1) is 8.88. The molecule has 0 aliphatic rings. The molecule has 0 spiro atoms. The molecule has 0 aliphatic carbocycles. The highest BCUT2D eigenvalue weighted by Crippen LogP contribution is 2.28. The zero-order chi connectivity index (χ0) is 14.6. The summed E-state index contributed by atoms with van der Waals surface area (Å²) in [5.74, 6) is 0.724. The number of nitrogens with zero attached hydrogens (tertiary/aromatic N) is 3. The SMILES string of the molecule is CCOCC(Nc1c([N+](=O)[O-])c(C)nn1C)C(C)C. The van der Waals surface area contributed by atoms with Crippen LogP contribution in [0.5, 0.6) is 0 Å². The molecule has 0 saturated carbocycles. The fraction of sp³-hybridized carbons (Fsp3) is 0.750. The monoisotopic (exact) mass is 270 g/mol. The second-order valence-corrected chi connectivity index (χ2v) is 4.82. The van der Waals surface area contributed by atoms with Gasteiger partial charge < -0.3 is 10.1 Å². The number of hydrogen-bond donors (Lipinski definition) is 1. The highest BCUT2D eigenvalue weighted by Gasteiger charge is 2.26. The van der Waals surface area contributed by atoms with E-state index < -0.39 is 4.92 Å². The fourth-order valence-corrected chi connectivity index (χ4v) is 1.85. The third-order valence-corrected chi connectivity index (χ3v) is 3.00. The molecule has 108 valence electrons. The van der Waals surface area contributed by atoms with Crippen molar-refractivity contribution < 1.29 is 9.66 Å². The standard InChI is InChI=1S/C12H22N4O3/c1-6-19-7-10(8(2)3)13-12-11(16(17)18)9(4)14-15(12)5/h8,10,13H,6-7H2,1-5H3. The van der Waals surface area contributed by atoms with E-state index >= 15 is 0 Å². The second-order valence-electron chi connectivity index (χ2n) is 4.82. The Kier molecular flexibility index (Phi) is 5.29. The third kappa shape index (κ3) is 3.66. The molecule has 7 heteroatoms. The summed E-state index contributed by atoms with van der Waals surface area (Å²) in [6, 6.07) is 0.00782. The maximum atomic E-state index is 11.1. The molecule has 1 heterocycles. The van der Waals surface area contributed by atoms with E-state index in [1.807, 2.05) is 20.8 Å². The topological polar surface area (TPSA) is 82.2 Å². The fourth-order valence-electron chi connectivity index (χ4n) is 1.85. The van der Waals surface area contributed by atoms with E-state index in [9.17, 15) is 10.1 Å². The molecule has 0 fully saturated rings. The number of aromatic nitrogens is 2. The summed E-state index contributed by atoms with van der Waals surface area (Å²) in [4.78, 5) is 10.7. The van der Waals surface area contributed by atoms with Gasteiger partial charge >= 0.3 is 5.69 Å². The molecule has 0 saturated heterocycles. The van der Waals surface area contributed by atoms with Gasteiger partial charge in [-0.25, -0.2) is 4.68 Å². The van der Waals surface area contributed by atoms with Gasteiger partial charge in [0.05, 0.1) is 17.6 Å². The van der Waals surface area contributed by atoms with Gasteiger partial charge in [-0.3, -0.25) is 10.1 Å². The average Bonchev–Trinajstić information content (AvgIpc) is 2.58. The lowest BCUT2D eigenvalue weighted by Gasteiger charge is -2.22. The van der Waals surface area contributed by atoms with Crippen molar-refractivity contribution >= 4 is 11.5 Å². The molecule has 1 unspecified atom stereocenters. The van der Waals surface area contributed by atoms with Gasteiger partial charge in [0.15, 0.2) is 0 Å². The Hall–Kier alpha value is -1.63. The zero-order valence-corrected chi connectivity index (χ0v) is 12.1. The Morgan fingerprint density at radius 2 is 2.16 bits per heavy atom. The van der Waals surface area contributed by atoms with Crippen LogP contribution in [0.25, 0.3) is 0 Å². The molecule has 0 bridgehead atoms. The number of nitrogens with one attached hydrogen (secondary N) is 1. The maximum absolute atomic E-state index is 11.1. The van der Waals surface area contributed by atoms with E-state index in [0.29, 0.717) is 30.6 Å². The highest BCUT2D eigenvalue weighted by atomic mass is 16.6. The Morgan fingerprint density at radius 3 is 2.63 bits per heavy atom. The summed E-state index contributed by atoms with van der Waals surface area (Å²) in [5, 5.41) is 18.4.